The molecule has 0 fully saturated rings. The van der Waals surface area contributed by atoms with Crippen LogP contribution in [0.4, 0.5) is 0 Å². The van der Waals surface area contributed by atoms with Crippen LogP contribution in [0.5, 0.6) is 0 Å². The summed E-state index contributed by atoms with van der Waals surface area (Å²) in [6.45, 7) is 3.71. The van der Waals surface area contributed by atoms with Crippen LogP contribution in [0.2, 0.25) is 0 Å². The molecule has 0 aliphatic rings. The molecular weight excluding hydrogens is 407 g/mol. The SMILES string of the molecule is C[C@@H](CC(=O)C[C@@H](C[C@H](C)C(Cl)(Cl)Cl)c1nccs1)C(Cl)Cl. The Hall–Kier alpha value is 0.750. The fourth-order valence-corrected chi connectivity index (χ4v) is 3.27. The number of carbonyl (C=O) groups excluding carboxylic acids is 1. The molecule has 0 aliphatic carbocycles. The lowest BCUT2D eigenvalue weighted by atomic mass is 9.90. The number of hydrogen-bond acceptors (Lipinski definition) is 3. The van der Waals surface area contributed by atoms with Crippen molar-refractivity contribution in [2.24, 2.45) is 11.8 Å². The summed E-state index contributed by atoms with van der Waals surface area (Å²) in [6, 6.07) is 0. The molecule has 1 heterocycles. The highest BCUT2D eigenvalue weighted by atomic mass is 35.6. The van der Waals surface area contributed by atoms with Crippen LogP contribution >= 0.6 is 69.3 Å². The Balaban J connectivity index is 2.74. The minimum atomic E-state index is -1.36. The molecule has 0 bridgehead atoms. The Kier molecular flexibility index (Phi) is 8.78. The van der Waals surface area contributed by atoms with Crippen molar-refractivity contribution in [2.45, 2.75) is 47.7 Å². The van der Waals surface area contributed by atoms with E-state index in [0.717, 1.165) is 5.01 Å². The van der Waals surface area contributed by atoms with E-state index in [2.05, 4.69) is 4.98 Å². The average Bonchev–Trinajstić information content (AvgIpc) is 2.90. The van der Waals surface area contributed by atoms with Gasteiger partial charge in [-0.3, -0.25) is 4.79 Å². The Bertz CT molecular complexity index is 460. The van der Waals surface area contributed by atoms with Crippen molar-refractivity contribution in [3.63, 3.8) is 0 Å². The summed E-state index contributed by atoms with van der Waals surface area (Å²) in [5.41, 5.74) is 0. The number of carbonyl (C=O) groups is 1. The van der Waals surface area contributed by atoms with Crippen LogP contribution in [0.1, 0.15) is 44.0 Å². The average molecular weight is 426 g/mol. The van der Waals surface area contributed by atoms with Crippen LogP contribution in [0, 0.1) is 11.8 Å². The number of alkyl halides is 5. The van der Waals surface area contributed by atoms with Gasteiger partial charge in [0.2, 0.25) is 0 Å². The highest BCUT2D eigenvalue weighted by Gasteiger charge is 2.32. The molecule has 1 aromatic rings. The minimum Gasteiger partial charge on any atom is -0.300 e. The number of halogens is 5. The van der Waals surface area contributed by atoms with Crippen LogP contribution in [-0.4, -0.2) is 19.4 Å². The van der Waals surface area contributed by atoms with Crippen LogP contribution in [0.3, 0.4) is 0 Å². The van der Waals surface area contributed by atoms with E-state index in [1.54, 1.807) is 6.20 Å². The van der Waals surface area contributed by atoms with Gasteiger partial charge in [0.1, 0.15) is 10.6 Å². The van der Waals surface area contributed by atoms with Gasteiger partial charge in [-0.1, -0.05) is 48.7 Å². The Morgan fingerprint density at radius 3 is 2.36 bits per heavy atom. The van der Waals surface area contributed by atoms with Gasteiger partial charge < -0.3 is 0 Å². The summed E-state index contributed by atoms with van der Waals surface area (Å²) in [7, 11) is 0. The first-order valence-corrected chi connectivity index (χ1v) is 9.75. The molecule has 0 aliphatic heterocycles. The summed E-state index contributed by atoms with van der Waals surface area (Å²) in [6.07, 6.45) is 2.98. The van der Waals surface area contributed by atoms with E-state index in [-0.39, 0.29) is 23.5 Å². The fourth-order valence-electron chi connectivity index (χ4n) is 2.07. The molecule has 1 rings (SSSR count). The van der Waals surface area contributed by atoms with Crippen LogP contribution < -0.4 is 0 Å². The zero-order valence-corrected chi connectivity index (χ0v) is 16.8. The lowest BCUT2D eigenvalue weighted by molar-refractivity contribution is -0.120. The monoisotopic (exact) mass is 423 g/mol. The van der Waals surface area contributed by atoms with E-state index in [9.17, 15) is 4.79 Å². The summed E-state index contributed by atoms with van der Waals surface area (Å²) in [5, 5.41) is 2.76. The van der Waals surface area contributed by atoms with Crippen molar-refractivity contribution in [3.05, 3.63) is 16.6 Å². The number of thiazole rings is 1. The van der Waals surface area contributed by atoms with Gasteiger partial charge in [0.15, 0.2) is 3.79 Å². The normalized spacial score (nSPS) is 16.5. The summed E-state index contributed by atoms with van der Waals surface area (Å²) in [4.78, 5) is 16.0. The highest BCUT2D eigenvalue weighted by molar-refractivity contribution is 7.09. The van der Waals surface area contributed by atoms with Gasteiger partial charge in [-0.15, -0.1) is 34.5 Å². The lowest BCUT2D eigenvalue weighted by Gasteiger charge is -2.24. The third-order valence-electron chi connectivity index (χ3n) is 3.45. The van der Waals surface area contributed by atoms with Crippen LogP contribution in [0.15, 0.2) is 11.6 Å². The lowest BCUT2D eigenvalue weighted by Crippen LogP contribution is -2.21. The van der Waals surface area contributed by atoms with E-state index in [0.29, 0.717) is 19.3 Å². The number of Topliss-reactive ketones (excluding diaryl/α,β-unsaturated/α-hetero) is 1. The molecule has 0 N–H and O–H groups in total. The Morgan fingerprint density at radius 1 is 1.27 bits per heavy atom. The highest BCUT2D eigenvalue weighted by Crippen LogP contribution is 2.41. The second-order valence-corrected chi connectivity index (χ2v) is 9.96. The van der Waals surface area contributed by atoms with Crippen LogP contribution in [0.25, 0.3) is 0 Å². The molecule has 0 aromatic carbocycles. The molecule has 3 atom stereocenters. The van der Waals surface area contributed by atoms with E-state index >= 15 is 0 Å². The smallest absolute Gasteiger partial charge is 0.193 e. The molecule has 0 spiro atoms. The molecule has 0 unspecified atom stereocenters. The summed E-state index contributed by atoms with van der Waals surface area (Å²) < 4.78 is -1.36. The first kappa shape index (κ1) is 20.8. The number of aromatic nitrogens is 1. The van der Waals surface area contributed by atoms with Gasteiger partial charge >= 0.3 is 0 Å². The van der Waals surface area contributed by atoms with E-state index in [1.807, 2.05) is 19.2 Å². The number of rotatable bonds is 8. The fraction of sp³-hybridized carbons (Fsp3) is 0.714. The van der Waals surface area contributed by atoms with Crippen LogP contribution in [-0.2, 0) is 4.79 Å². The summed E-state index contributed by atoms with van der Waals surface area (Å²) >= 11 is 30.9. The molecule has 0 saturated heterocycles. The van der Waals surface area contributed by atoms with Crippen molar-refractivity contribution < 1.29 is 4.79 Å². The van der Waals surface area contributed by atoms with Crippen molar-refractivity contribution in [3.8, 4) is 0 Å². The largest absolute Gasteiger partial charge is 0.300 e. The Labute approximate surface area is 160 Å². The van der Waals surface area contributed by atoms with Gasteiger partial charge in [0, 0.05) is 36.3 Å². The minimum absolute atomic E-state index is 0.0607. The molecule has 1 aromatic heterocycles. The predicted molar refractivity (Wildman–Crippen MR) is 97.8 cm³/mol. The molecule has 22 heavy (non-hydrogen) atoms. The maximum Gasteiger partial charge on any atom is 0.193 e. The molecule has 0 amide bonds. The number of hydrogen-bond donors (Lipinski definition) is 0. The first-order chi connectivity index (χ1) is 10.1. The second kappa shape index (κ2) is 9.29. The van der Waals surface area contributed by atoms with Gasteiger partial charge in [-0.05, 0) is 12.3 Å². The van der Waals surface area contributed by atoms with Crippen molar-refractivity contribution in [2.75, 3.05) is 0 Å². The molecular formula is C14H18Cl5NOS. The quantitative estimate of drug-likeness (QED) is 0.450. The molecule has 8 heteroatoms. The van der Waals surface area contributed by atoms with Gasteiger partial charge in [-0.2, -0.15) is 0 Å². The van der Waals surface area contributed by atoms with Crippen molar-refractivity contribution in [1.82, 2.24) is 4.98 Å². The van der Waals surface area contributed by atoms with E-state index < -0.39 is 8.63 Å². The standard InChI is InChI=1S/C14H18Cl5NOS/c1-8(12(15)16)5-11(21)7-10(13-20-3-4-22-13)6-9(2)14(17,18)19/h3-4,8-10,12H,5-7H2,1-2H3/t8-,9-,10+/m0/s1. The second-order valence-electron chi connectivity index (χ2n) is 5.50. The maximum absolute atomic E-state index is 12.3. The molecule has 2 nitrogen and oxygen atoms in total. The number of ketones is 1. The van der Waals surface area contributed by atoms with Gasteiger partial charge in [0.05, 0.1) is 5.01 Å². The van der Waals surface area contributed by atoms with Crippen molar-refractivity contribution >= 4 is 75.1 Å². The first-order valence-electron chi connectivity index (χ1n) is 6.87. The maximum atomic E-state index is 12.3. The molecule has 0 saturated carbocycles. The van der Waals surface area contributed by atoms with E-state index in [1.165, 1.54) is 11.3 Å². The van der Waals surface area contributed by atoms with Crippen molar-refractivity contribution in [1.29, 1.82) is 0 Å². The Morgan fingerprint density at radius 2 is 1.91 bits per heavy atom. The van der Waals surface area contributed by atoms with Gasteiger partial charge in [0.25, 0.3) is 0 Å². The predicted octanol–water partition coefficient (Wildman–Crippen LogP) is 6.41. The van der Waals surface area contributed by atoms with Gasteiger partial charge in [-0.25, -0.2) is 4.98 Å². The topological polar surface area (TPSA) is 30.0 Å². The third-order valence-corrected chi connectivity index (χ3v) is 6.37. The third kappa shape index (κ3) is 7.11. The molecule has 126 valence electrons. The zero-order chi connectivity index (χ0) is 16.9. The van der Waals surface area contributed by atoms with E-state index in [4.69, 9.17) is 58.0 Å². The number of nitrogens with zero attached hydrogens (tertiary/aromatic N) is 1. The molecule has 0 radical (unpaired) electrons. The summed E-state index contributed by atoms with van der Waals surface area (Å²) in [5.74, 6) is -0.242. The zero-order valence-electron chi connectivity index (χ0n) is 12.2.